The van der Waals surface area contributed by atoms with Gasteiger partial charge in [-0.2, -0.15) is 0 Å². The Balaban J connectivity index is 2.52. The molecule has 2 aromatic rings. The average molecular weight is 305 g/mol. The first-order chi connectivity index (χ1) is 7.63. The van der Waals surface area contributed by atoms with Crippen LogP contribution in [0.2, 0.25) is 5.02 Å². The largest absolute Gasteiger partial charge is 0.460 e. The maximum absolute atomic E-state index is 13.8. The Kier molecular flexibility index (Phi) is 3.33. The molecule has 0 amide bonds. The second kappa shape index (κ2) is 4.57. The fourth-order valence-electron chi connectivity index (χ4n) is 1.35. The van der Waals surface area contributed by atoms with Crippen LogP contribution in [0.1, 0.15) is 5.76 Å². The molecule has 84 valence electrons. The summed E-state index contributed by atoms with van der Waals surface area (Å²) in [4.78, 5) is 0. The minimum Gasteiger partial charge on any atom is -0.460 e. The lowest BCUT2D eigenvalue weighted by Crippen LogP contribution is -1.92. The Morgan fingerprint density at radius 2 is 2.06 bits per heavy atom. The van der Waals surface area contributed by atoms with E-state index >= 15 is 0 Å². The maximum atomic E-state index is 13.8. The van der Waals surface area contributed by atoms with Crippen LogP contribution in [0.5, 0.6) is 0 Å². The van der Waals surface area contributed by atoms with Gasteiger partial charge in [0, 0.05) is 4.47 Å². The summed E-state index contributed by atoms with van der Waals surface area (Å²) in [5.74, 6) is 0.523. The summed E-state index contributed by atoms with van der Waals surface area (Å²) in [5, 5.41) is 0.0446. The molecule has 2 rings (SSSR count). The van der Waals surface area contributed by atoms with Crippen LogP contribution in [0.25, 0.3) is 11.3 Å². The van der Waals surface area contributed by atoms with E-state index in [-0.39, 0.29) is 11.6 Å². The van der Waals surface area contributed by atoms with Gasteiger partial charge in [-0.05, 0) is 40.2 Å². The molecule has 1 aromatic heterocycles. The van der Waals surface area contributed by atoms with Crippen molar-refractivity contribution in [3.8, 4) is 11.3 Å². The van der Waals surface area contributed by atoms with Crippen LogP contribution in [-0.4, -0.2) is 0 Å². The third-order valence-corrected chi connectivity index (χ3v) is 3.42. The number of hydrogen-bond donors (Lipinski definition) is 1. The van der Waals surface area contributed by atoms with E-state index in [1.165, 1.54) is 0 Å². The van der Waals surface area contributed by atoms with Crippen LogP contribution < -0.4 is 5.73 Å². The third-order valence-electron chi connectivity index (χ3n) is 2.16. The Hall–Kier alpha value is -0.840. The molecule has 0 fully saturated rings. The Morgan fingerprint density at radius 3 is 2.69 bits per heavy atom. The monoisotopic (exact) mass is 303 g/mol. The van der Waals surface area contributed by atoms with Crippen molar-refractivity contribution in [3.05, 3.63) is 45.3 Å². The molecule has 0 atom stereocenters. The van der Waals surface area contributed by atoms with E-state index in [0.717, 1.165) is 0 Å². The van der Waals surface area contributed by atoms with Crippen molar-refractivity contribution < 1.29 is 8.81 Å². The van der Waals surface area contributed by atoms with Gasteiger partial charge in [-0.25, -0.2) is 4.39 Å². The normalized spacial score (nSPS) is 10.8. The van der Waals surface area contributed by atoms with Crippen LogP contribution in [0, 0.1) is 5.82 Å². The summed E-state index contributed by atoms with van der Waals surface area (Å²) in [6, 6.07) is 6.66. The zero-order valence-corrected chi connectivity index (χ0v) is 10.5. The topological polar surface area (TPSA) is 39.2 Å². The Labute approximate surface area is 105 Å². The molecule has 0 aliphatic heterocycles. The standard InChI is InChI=1S/C11H8BrClFNO/c12-8-3-2-7(11(14)10(8)13)9-4-1-6(5-15)16-9/h1-4H,5,15H2. The molecule has 0 bridgehead atoms. The summed E-state index contributed by atoms with van der Waals surface area (Å²) in [7, 11) is 0. The van der Waals surface area contributed by atoms with Gasteiger partial charge in [0.1, 0.15) is 11.5 Å². The van der Waals surface area contributed by atoms with Crippen molar-refractivity contribution in [2.45, 2.75) is 6.54 Å². The molecule has 1 aromatic carbocycles. The molecule has 0 saturated carbocycles. The van der Waals surface area contributed by atoms with E-state index in [0.29, 0.717) is 21.6 Å². The van der Waals surface area contributed by atoms with Gasteiger partial charge < -0.3 is 10.2 Å². The highest BCUT2D eigenvalue weighted by atomic mass is 79.9. The van der Waals surface area contributed by atoms with Gasteiger partial charge in [0.15, 0.2) is 5.82 Å². The smallest absolute Gasteiger partial charge is 0.153 e. The van der Waals surface area contributed by atoms with E-state index in [1.54, 1.807) is 24.3 Å². The van der Waals surface area contributed by atoms with Crippen molar-refractivity contribution in [2.24, 2.45) is 5.73 Å². The fourth-order valence-corrected chi connectivity index (χ4v) is 1.82. The predicted octanol–water partition coefficient (Wildman–Crippen LogP) is 3.96. The van der Waals surface area contributed by atoms with Crippen LogP contribution in [0.4, 0.5) is 4.39 Å². The Morgan fingerprint density at radius 1 is 1.31 bits per heavy atom. The molecule has 1 heterocycles. The molecular weight excluding hydrogens is 296 g/mol. The Bertz CT molecular complexity index is 527. The highest BCUT2D eigenvalue weighted by Gasteiger charge is 2.14. The zero-order valence-electron chi connectivity index (χ0n) is 8.14. The third kappa shape index (κ3) is 2.00. The first kappa shape index (κ1) is 11.6. The van der Waals surface area contributed by atoms with Gasteiger partial charge in [0.2, 0.25) is 0 Å². The van der Waals surface area contributed by atoms with Gasteiger partial charge in [0.05, 0.1) is 17.1 Å². The van der Waals surface area contributed by atoms with E-state index in [4.69, 9.17) is 21.8 Å². The van der Waals surface area contributed by atoms with Gasteiger partial charge in [-0.3, -0.25) is 0 Å². The maximum Gasteiger partial charge on any atom is 0.153 e. The zero-order chi connectivity index (χ0) is 11.7. The van der Waals surface area contributed by atoms with Crippen LogP contribution in [-0.2, 0) is 6.54 Å². The SMILES string of the molecule is NCc1ccc(-c2ccc(Br)c(Cl)c2F)o1. The molecule has 16 heavy (non-hydrogen) atoms. The van der Waals surface area contributed by atoms with Crippen molar-refractivity contribution >= 4 is 27.5 Å². The van der Waals surface area contributed by atoms with Crippen molar-refractivity contribution in [1.82, 2.24) is 0 Å². The summed E-state index contributed by atoms with van der Waals surface area (Å²) in [6.45, 7) is 0.284. The first-order valence-electron chi connectivity index (χ1n) is 4.56. The average Bonchev–Trinajstić information content (AvgIpc) is 2.74. The lowest BCUT2D eigenvalue weighted by Gasteiger charge is -2.03. The van der Waals surface area contributed by atoms with E-state index in [1.807, 2.05) is 0 Å². The van der Waals surface area contributed by atoms with Gasteiger partial charge >= 0.3 is 0 Å². The lowest BCUT2D eigenvalue weighted by atomic mass is 10.1. The molecule has 0 radical (unpaired) electrons. The molecule has 0 aliphatic rings. The number of rotatable bonds is 2. The quantitative estimate of drug-likeness (QED) is 0.853. The molecular formula is C11H8BrClFNO. The minimum atomic E-state index is -0.506. The predicted molar refractivity (Wildman–Crippen MR) is 64.7 cm³/mol. The number of halogens is 3. The highest BCUT2D eigenvalue weighted by molar-refractivity contribution is 9.10. The lowest BCUT2D eigenvalue weighted by molar-refractivity contribution is 0.520. The molecule has 0 saturated heterocycles. The molecule has 0 spiro atoms. The number of furan rings is 1. The van der Waals surface area contributed by atoms with Gasteiger partial charge in [0.25, 0.3) is 0 Å². The van der Waals surface area contributed by atoms with Crippen molar-refractivity contribution in [1.29, 1.82) is 0 Å². The van der Waals surface area contributed by atoms with Crippen LogP contribution in [0.15, 0.2) is 33.2 Å². The second-order valence-electron chi connectivity index (χ2n) is 3.19. The summed E-state index contributed by atoms with van der Waals surface area (Å²) < 4.78 is 19.7. The summed E-state index contributed by atoms with van der Waals surface area (Å²) >= 11 is 8.93. The van der Waals surface area contributed by atoms with Crippen molar-refractivity contribution in [2.75, 3.05) is 0 Å². The van der Waals surface area contributed by atoms with Crippen molar-refractivity contribution in [3.63, 3.8) is 0 Å². The fraction of sp³-hybridized carbons (Fsp3) is 0.0909. The van der Waals surface area contributed by atoms with Crippen LogP contribution in [0.3, 0.4) is 0 Å². The number of nitrogens with two attached hydrogens (primary N) is 1. The molecule has 0 aliphatic carbocycles. The molecule has 2 nitrogen and oxygen atoms in total. The van der Waals surface area contributed by atoms with E-state index in [9.17, 15) is 4.39 Å². The molecule has 0 unspecified atom stereocenters. The molecule has 2 N–H and O–H groups in total. The number of benzene rings is 1. The summed E-state index contributed by atoms with van der Waals surface area (Å²) in [5.41, 5.74) is 5.74. The summed E-state index contributed by atoms with van der Waals surface area (Å²) in [6.07, 6.45) is 0. The second-order valence-corrected chi connectivity index (χ2v) is 4.43. The highest BCUT2D eigenvalue weighted by Crippen LogP contribution is 2.33. The first-order valence-corrected chi connectivity index (χ1v) is 5.73. The van der Waals surface area contributed by atoms with Gasteiger partial charge in [-0.1, -0.05) is 11.6 Å². The van der Waals surface area contributed by atoms with E-state index < -0.39 is 5.82 Å². The van der Waals surface area contributed by atoms with E-state index in [2.05, 4.69) is 15.9 Å². The van der Waals surface area contributed by atoms with Gasteiger partial charge in [-0.15, -0.1) is 0 Å². The van der Waals surface area contributed by atoms with Crippen LogP contribution >= 0.6 is 27.5 Å². The number of hydrogen-bond acceptors (Lipinski definition) is 2. The minimum absolute atomic E-state index is 0.0446. The molecule has 5 heteroatoms.